The van der Waals surface area contributed by atoms with E-state index >= 15 is 0 Å². The highest BCUT2D eigenvalue weighted by Gasteiger charge is 2.37. The summed E-state index contributed by atoms with van der Waals surface area (Å²) in [4.78, 5) is 16.7. The standard InChI is InChI=1S/C22H26N6O2/c1-24-21(26-16-23)27-18-10-12-22(13-11-18,17-7-3-2-4-8-17)15-25-20(29)19-9-5-6-14-28(19)30/h2-9,14,18H,10-13,15H2,1H3,(H,25,29)(H2,24,26,27). The van der Waals surface area contributed by atoms with Gasteiger partial charge in [0.05, 0.1) is 0 Å². The summed E-state index contributed by atoms with van der Waals surface area (Å²) >= 11 is 0. The van der Waals surface area contributed by atoms with Crippen LogP contribution in [0.25, 0.3) is 0 Å². The first-order valence-corrected chi connectivity index (χ1v) is 9.98. The minimum atomic E-state index is -0.375. The van der Waals surface area contributed by atoms with E-state index in [0.717, 1.165) is 25.7 Å². The van der Waals surface area contributed by atoms with Gasteiger partial charge in [-0.25, -0.2) is 0 Å². The first-order chi connectivity index (χ1) is 14.6. The molecule has 156 valence electrons. The molecule has 1 aliphatic rings. The number of carbonyl (C=O) groups is 1. The van der Waals surface area contributed by atoms with Crippen LogP contribution in [-0.4, -0.2) is 31.5 Å². The summed E-state index contributed by atoms with van der Waals surface area (Å²) in [6.45, 7) is 0.447. The fourth-order valence-electron chi connectivity index (χ4n) is 4.02. The number of nitriles is 1. The Morgan fingerprint density at radius 2 is 1.93 bits per heavy atom. The molecule has 1 saturated carbocycles. The average molecular weight is 406 g/mol. The zero-order chi connectivity index (χ0) is 21.4. The molecule has 1 aliphatic carbocycles. The van der Waals surface area contributed by atoms with Gasteiger partial charge in [0.25, 0.3) is 5.69 Å². The van der Waals surface area contributed by atoms with Crippen LogP contribution in [0.3, 0.4) is 0 Å². The molecule has 2 aromatic rings. The molecule has 0 atom stereocenters. The Hall–Kier alpha value is -3.60. The highest BCUT2D eigenvalue weighted by atomic mass is 16.5. The van der Waals surface area contributed by atoms with Gasteiger partial charge in [0.2, 0.25) is 5.96 Å². The van der Waals surface area contributed by atoms with Crippen LogP contribution in [0.2, 0.25) is 0 Å². The van der Waals surface area contributed by atoms with Crippen LogP contribution in [0.4, 0.5) is 0 Å². The number of amides is 1. The SMILES string of the molecule is CN=C(NC#N)NC1CCC(CNC(=O)c2cccc[n+]2[O-])(c2ccccc2)CC1. The van der Waals surface area contributed by atoms with Gasteiger partial charge in [0.1, 0.15) is 0 Å². The van der Waals surface area contributed by atoms with Gasteiger partial charge in [-0.1, -0.05) is 30.3 Å². The number of aliphatic imine (C=N–C) groups is 1. The smallest absolute Gasteiger partial charge is 0.317 e. The summed E-state index contributed by atoms with van der Waals surface area (Å²) < 4.78 is 0.582. The number of guanidine groups is 1. The average Bonchev–Trinajstić information content (AvgIpc) is 2.79. The van der Waals surface area contributed by atoms with Crippen LogP contribution in [0.1, 0.15) is 41.7 Å². The molecule has 1 heterocycles. The van der Waals surface area contributed by atoms with Crippen molar-refractivity contribution in [2.45, 2.75) is 37.1 Å². The number of hydrogen-bond donors (Lipinski definition) is 3. The minimum absolute atomic E-state index is 0.0856. The van der Waals surface area contributed by atoms with E-state index in [2.05, 4.69) is 33.1 Å². The Morgan fingerprint density at radius 1 is 1.23 bits per heavy atom. The maximum Gasteiger partial charge on any atom is 0.317 e. The van der Waals surface area contributed by atoms with Gasteiger partial charge in [0, 0.05) is 37.2 Å². The van der Waals surface area contributed by atoms with E-state index in [4.69, 9.17) is 5.26 Å². The van der Waals surface area contributed by atoms with Crippen molar-refractivity contribution < 1.29 is 9.52 Å². The van der Waals surface area contributed by atoms with Crippen LogP contribution in [0.5, 0.6) is 0 Å². The second-order valence-electron chi connectivity index (χ2n) is 7.47. The maximum absolute atomic E-state index is 12.6. The number of benzene rings is 1. The van der Waals surface area contributed by atoms with Gasteiger partial charge >= 0.3 is 5.91 Å². The summed E-state index contributed by atoms with van der Waals surface area (Å²) in [5.41, 5.74) is 1.04. The summed E-state index contributed by atoms with van der Waals surface area (Å²) in [6.07, 6.45) is 6.64. The second-order valence-corrected chi connectivity index (χ2v) is 7.47. The first kappa shape index (κ1) is 21.1. The van der Waals surface area contributed by atoms with Crippen LogP contribution >= 0.6 is 0 Å². The van der Waals surface area contributed by atoms with Gasteiger partial charge in [-0.15, -0.1) is 0 Å². The van der Waals surface area contributed by atoms with Crippen molar-refractivity contribution in [2.24, 2.45) is 4.99 Å². The first-order valence-electron chi connectivity index (χ1n) is 9.98. The topological polar surface area (TPSA) is 116 Å². The fourth-order valence-corrected chi connectivity index (χ4v) is 4.02. The van der Waals surface area contributed by atoms with E-state index in [9.17, 15) is 10.0 Å². The molecule has 0 spiro atoms. The van der Waals surface area contributed by atoms with Crippen molar-refractivity contribution in [2.75, 3.05) is 13.6 Å². The highest BCUT2D eigenvalue weighted by molar-refractivity contribution is 5.90. The number of carbonyl (C=O) groups excluding carboxylic acids is 1. The third-order valence-electron chi connectivity index (χ3n) is 5.71. The Bertz CT molecular complexity index is 930. The lowest BCUT2D eigenvalue weighted by atomic mass is 9.68. The summed E-state index contributed by atoms with van der Waals surface area (Å²) in [7, 11) is 1.63. The lowest BCUT2D eigenvalue weighted by Gasteiger charge is -2.41. The third kappa shape index (κ3) is 4.87. The predicted octanol–water partition coefficient (Wildman–Crippen LogP) is 1.58. The van der Waals surface area contributed by atoms with Crippen molar-refractivity contribution in [3.63, 3.8) is 0 Å². The van der Waals surface area contributed by atoms with Crippen molar-refractivity contribution in [1.82, 2.24) is 16.0 Å². The lowest BCUT2D eigenvalue weighted by molar-refractivity contribution is -0.607. The van der Waals surface area contributed by atoms with Gasteiger partial charge in [-0.2, -0.15) is 9.99 Å². The highest BCUT2D eigenvalue weighted by Crippen LogP contribution is 2.39. The molecule has 30 heavy (non-hydrogen) atoms. The van der Waals surface area contributed by atoms with Crippen molar-refractivity contribution in [3.8, 4) is 6.19 Å². The zero-order valence-corrected chi connectivity index (χ0v) is 17.0. The molecule has 8 heteroatoms. The van der Waals surface area contributed by atoms with Crippen LogP contribution in [0, 0.1) is 16.7 Å². The van der Waals surface area contributed by atoms with E-state index in [0.29, 0.717) is 17.2 Å². The minimum Gasteiger partial charge on any atom is -0.618 e. The van der Waals surface area contributed by atoms with Crippen LogP contribution in [0.15, 0.2) is 59.7 Å². The van der Waals surface area contributed by atoms with Gasteiger partial charge < -0.3 is 15.8 Å². The molecule has 8 nitrogen and oxygen atoms in total. The van der Waals surface area contributed by atoms with Gasteiger partial charge in [-0.3, -0.25) is 15.1 Å². The summed E-state index contributed by atoms with van der Waals surface area (Å²) in [6, 6.07) is 15.1. The number of nitrogens with zero attached hydrogens (tertiary/aromatic N) is 3. The van der Waals surface area contributed by atoms with E-state index < -0.39 is 0 Å². The Balaban J connectivity index is 1.72. The molecular formula is C22H26N6O2. The number of nitrogens with one attached hydrogen (secondary N) is 3. The normalized spacial score (nSPS) is 21.3. The largest absolute Gasteiger partial charge is 0.618 e. The second kappa shape index (κ2) is 9.74. The van der Waals surface area contributed by atoms with E-state index in [1.165, 1.54) is 17.8 Å². The zero-order valence-electron chi connectivity index (χ0n) is 17.0. The molecule has 0 radical (unpaired) electrons. The molecule has 1 fully saturated rings. The lowest BCUT2D eigenvalue weighted by Crippen LogP contribution is -2.50. The molecule has 3 N–H and O–H groups in total. The van der Waals surface area contributed by atoms with Crippen molar-refractivity contribution >= 4 is 11.9 Å². The maximum atomic E-state index is 12.6. The molecule has 1 amide bonds. The molecule has 3 rings (SSSR count). The Morgan fingerprint density at radius 3 is 2.57 bits per heavy atom. The number of pyridine rings is 1. The molecule has 1 aromatic heterocycles. The van der Waals surface area contributed by atoms with E-state index in [-0.39, 0.29) is 23.1 Å². The predicted molar refractivity (Wildman–Crippen MR) is 113 cm³/mol. The van der Waals surface area contributed by atoms with Crippen LogP contribution < -0.4 is 20.7 Å². The number of hydrogen-bond acceptors (Lipinski definition) is 4. The number of rotatable bonds is 5. The van der Waals surface area contributed by atoms with Crippen LogP contribution in [-0.2, 0) is 5.41 Å². The molecule has 0 unspecified atom stereocenters. The fraction of sp³-hybridized carbons (Fsp3) is 0.364. The quantitative estimate of drug-likeness (QED) is 0.174. The van der Waals surface area contributed by atoms with Crippen molar-refractivity contribution in [1.29, 1.82) is 5.26 Å². The summed E-state index contributed by atoms with van der Waals surface area (Å²) in [5, 5.41) is 29.5. The van der Waals surface area contributed by atoms with E-state index in [1.807, 2.05) is 24.4 Å². The molecular weight excluding hydrogens is 380 g/mol. The van der Waals surface area contributed by atoms with E-state index in [1.54, 1.807) is 19.2 Å². The summed E-state index contributed by atoms with van der Waals surface area (Å²) in [5.74, 6) is 0.0897. The Labute approximate surface area is 176 Å². The third-order valence-corrected chi connectivity index (χ3v) is 5.71. The van der Waals surface area contributed by atoms with Gasteiger partial charge in [0.15, 0.2) is 12.4 Å². The molecule has 1 aromatic carbocycles. The molecule has 0 bridgehead atoms. The van der Waals surface area contributed by atoms with Gasteiger partial charge in [-0.05, 0) is 37.3 Å². The Kier molecular flexibility index (Phi) is 6.86. The molecule has 0 aliphatic heterocycles. The molecule has 0 saturated heterocycles. The number of aromatic nitrogens is 1. The van der Waals surface area contributed by atoms with Crippen molar-refractivity contribution in [3.05, 3.63) is 71.2 Å². The monoisotopic (exact) mass is 406 g/mol.